The Bertz CT molecular complexity index is 546. The monoisotopic (exact) mass is 256 g/mol. The average Bonchev–Trinajstić information content (AvgIpc) is 2.38. The third kappa shape index (κ3) is 2.40. The van der Waals surface area contributed by atoms with E-state index in [0.29, 0.717) is 0 Å². The van der Waals surface area contributed by atoms with Crippen LogP contribution < -0.4 is 10.4 Å². The Hall–Kier alpha value is -1.38. The SMILES string of the molecule is Cc1cccc([Si](C)(C)c2ccccc2CO)c1. The molecule has 0 aliphatic heterocycles. The summed E-state index contributed by atoms with van der Waals surface area (Å²) < 4.78 is 0. The average molecular weight is 256 g/mol. The summed E-state index contributed by atoms with van der Waals surface area (Å²) in [5.41, 5.74) is 2.37. The Morgan fingerprint density at radius 1 is 1.00 bits per heavy atom. The molecule has 0 aromatic heterocycles. The minimum absolute atomic E-state index is 0.123. The third-order valence-corrected chi connectivity index (χ3v) is 7.19. The molecular formula is C16H20OSi. The summed E-state index contributed by atoms with van der Waals surface area (Å²) in [5, 5.41) is 12.3. The predicted molar refractivity (Wildman–Crippen MR) is 80.3 cm³/mol. The topological polar surface area (TPSA) is 20.2 Å². The van der Waals surface area contributed by atoms with Crippen LogP contribution in [-0.4, -0.2) is 13.2 Å². The highest BCUT2D eigenvalue weighted by Crippen LogP contribution is 2.09. The fourth-order valence-electron chi connectivity index (χ4n) is 2.46. The lowest BCUT2D eigenvalue weighted by Gasteiger charge is -2.26. The summed E-state index contributed by atoms with van der Waals surface area (Å²) in [6.45, 7) is 6.94. The number of rotatable bonds is 3. The van der Waals surface area contributed by atoms with E-state index in [9.17, 15) is 5.11 Å². The van der Waals surface area contributed by atoms with Gasteiger partial charge in [0.25, 0.3) is 0 Å². The molecule has 0 spiro atoms. The summed E-state index contributed by atoms with van der Waals surface area (Å²) >= 11 is 0. The number of aliphatic hydroxyl groups excluding tert-OH is 1. The van der Waals surface area contributed by atoms with E-state index in [1.54, 1.807) is 0 Å². The molecule has 2 aromatic rings. The minimum atomic E-state index is -1.71. The number of hydrogen-bond acceptors (Lipinski definition) is 1. The van der Waals surface area contributed by atoms with Gasteiger partial charge in [0.2, 0.25) is 0 Å². The molecule has 1 N–H and O–H groups in total. The normalized spacial score (nSPS) is 11.6. The molecule has 0 amide bonds. The molecule has 0 bridgehead atoms. The first-order chi connectivity index (χ1) is 8.55. The molecule has 0 fully saturated rings. The van der Waals surface area contributed by atoms with Gasteiger partial charge in [-0.05, 0) is 17.7 Å². The standard InChI is InChI=1S/C16H20OSi/c1-13-7-6-9-15(11-13)18(2,3)16-10-5-4-8-14(16)12-17/h4-11,17H,12H2,1-3H3. The highest BCUT2D eigenvalue weighted by molar-refractivity contribution is 7.00. The smallest absolute Gasteiger partial charge is 0.112 e. The van der Waals surface area contributed by atoms with Crippen molar-refractivity contribution in [1.82, 2.24) is 0 Å². The summed E-state index contributed by atoms with van der Waals surface area (Å²) in [6, 6.07) is 17.0. The van der Waals surface area contributed by atoms with E-state index < -0.39 is 8.07 Å². The quantitative estimate of drug-likeness (QED) is 0.836. The van der Waals surface area contributed by atoms with Crippen molar-refractivity contribution in [3.05, 3.63) is 59.7 Å². The van der Waals surface area contributed by atoms with Gasteiger partial charge < -0.3 is 5.11 Å². The molecule has 0 atom stereocenters. The number of aryl methyl sites for hydroxylation is 1. The zero-order valence-corrected chi connectivity index (χ0v) is 12.3. The van der Waals surface area contributed by atoms with Crippen LogP contribution in [0.1, 0.15) is 11.1 Å². The molecule has 0 aliphatic rings. The lowest BCUT2D eigenvalue weighted by atomic mass is 10.2. The summed E-state index contributed by atoms with van der Waals surface area (Å²) in [5.74, 6) is 0. The van der Waals surface area contributed by atoms with Crippen LogP contribution in [0.4, 0.5) is 0 Å². The first kappa shape index (κ1) is 13.1. The van der Waals surface area contributed by atoms with Crippen molar-refractivity contribution in [2.45, 2.75) is 26.6 Å². The first-order valence-corrected chi connectivity index (χ1v) is 9.32. The fourth-order valence-corrected chi connectivity index (χ4v) is 5.35. The van der Waals surface area contributed by atoms with Crippen LogP contribution >= 0.6 is 0 Å². The van der Waals surface area contributed by atoms with Crippen LogP contribution in [-0.2, 0) is 6.61 Å². The van der Waals surface area contributed by atoms with E-state index in [2.05, 4.69) is 56.4 Å². The number of hydrogen-bond donors (Lipinski definition) is 1. The van der Waals surface area contributed by atoms with E-state index in [-0.39, 0.29) is 6.61 Å². The molecule has 0 radical (unpaired) electrons. The van der Waals surface area contributed by atoms with Gasteiger partial charge in [0.1, 0.15) is 8.07 Å². The zero-order valence-electron chi connectivity index (χ0n) is 11.3. The molecule has 2 aromatic carbocycles. The van der Waals surface area contributed by atoms with Crippen LogP contribution in [0, 0.1) is 6.92 Å². The van der Waals surface area contributed by atoms with Gasteiger partial charge in [-0.2, -0.15) is 0 Å². The molecule has 94 valence electrons. The first-order valence-electron chi connectivity index (χ1n) is 6.32. The van der Waals surface area contributed by atoms with Crippen molar-refractivity contribution < 1.29 is 5.11 Å². The number of aliphatic hydroxyl groups is 1. The molecular weight excluding hydrogens is 236 g/mol. The van der Waals surface area contributed by atoms with Gasteiger partial charge in [0.15, 0.2) is 0 Å². The maximum atomic E-state index is 9.51. The van der Waals surface area contributed by atoms with Crippen LogP contribution in [0.5, 0.6) is 0 Å². The molecule has 0 heterocycles. The van der Waals surface area contributed by atoms with Crippen molar-refractivity contribution in [3.8, 4) is 0 Å². The molecule has 1 nitrogen and oxygen atoms in total. The Balaban J connectivity index is 2.54. The zero-order chi connectivity index (χ0) is 13.2. The predicted octanol–water partition coefficient (Wildman–Crippen LogP) is 2.31. The Labute approximate surface area is 110 Å². The van der Waals surface area contributed by atoms with Gasteiger partial charge in [0.05, 0.1) is 6.61 Å². The lowest BCUT2D eigenvalue weighted by Crippen LogP contribution is -2.54. The van der Waals surface area contributed by atoms with Gasteiger partial charge in [-0.3, -0.25) is 0 Å². The van der Waals surface area contributed by atoms with Gasteiger partial charge >= 0.3 is 0 Å². The minimum Gasteiger partial charge on any atom is -0.392 e. The van der Waals surface area contributed by atoms with Gasteiger partial charge in [-0.15, -0.1) is 0 Å². The molecule has 0 unspecified atom stereocenters. The van der Waals surface area contributed by atoms with Gasteiger partial charge in [0, 0.05) is 0 Å². The second kappa shape index (κ2) is 5.08. The summed E-state index contributed by atoms with van der Waals surface area (Å²) in [4.78, 5) is 0. The molecule has 0 saturated heterocycles. The molecule has 18 heavy (non-hydrogen) atoms. The Morgan fingerprint density at radius 2 is 1.72 bits per heavy atom. The van der Waals surface area contributed by atoms with E-state index >= 15 is 0 Å². The maximum absolute atomic E-state index is 9.51. The van der Waals surface area contributed by atoms with Crippen LogP contribution in [0.3, 0.4) is 0 Å². The molecule has 0 saturated carbocycles. The maximum Gasteiger partial charge on any atom is 0.112 e. The van der Waals surface area contributed by atoms with E-state index in [1.165, 1.54) is 15.9 Å². The Morgan fingerprint density at radius 3 is 2.39 bits per heavy atom. The van der Waals surface area contributed by atoms with Crippen LogP contribution in [0.2, 0.25) is 13.1 Å². The van der Waals surface area contributed by atoms with Crippen LogP contribution in [0.15, 0.2) is 48.5 Å². The van der Waals surface area contributed by atoms with E-state index in [1.807, 2.05) is 12.1 Å². The van der Waals surface area contributed by atoms with Crippen LogP contribution in [0.25, 0.3) is 0 Å². The Kier molecular flexibility index (Phi) is 3.69. The van der Waals surface area contributed by atoms with E-state index in [0.717, 1.165) is 5.56 Å². The summed E-state index contributed by atoms with van der Waals surface area (Å²) in [7, 11) is -1.71. The fraction of sp³-hybridized carbons (Fsp3) is 0.250. The highest BCUT2D eigenvalue weighted by atomic mass is 28.3. The van der Waals surface area contributed by atoms with Crippen molar-refractivity contribution in [2.24, 2.45) is 0 Å². The second-order valence-electron chi connectivity index (χ2n) is 5.31. The van der Waals surface area contributed by atoms with Gasteiger partial charge in [-0.25, -0.2) is 0 Å². The largest absolute Gasteiger partial charge is 0.392 e. The third-order valence-electron chi connectivity index (χ3n) is 3.60. The van der Waals surface area contributed by atoms with Gasteiger partial charge in [-0.1, -0.05) is 72.4 Å². The summed E-state index contributed by atoms with van der Waals surface area (Å²) in [6.07, 6.45) is 0. The van der Waals surface area contributed by atoms with Crippen molar-refractivity contribution in [3.63, 3.8) is 0 Å². The van der Waals surface area contributed by atoms with Crippen molar-refractivity contribution >= 4 is 18.4 Å². The van der Waals surface area contributed by atoms with Crippen molar-refractivity contribution in [2.75, 3.05) is 0 Å². The second-order valence-corrected chi connectivity index (χ2v) is 9.68. The highest BCUT2D eigenvalue weighted by Gasteiger charge is 2.27. The van der Waals surface area contributed by atoms with E-state index in [4.69, 9.17) is 0 Å². The lowest BCUT2D eigenvalue weighted by molar-refractivity contribution is 0.283. The van der Waals surface area contributed by atoms with Crippen molar-refractivity contribution in [1.29, 1.82) is 0 Å². The molecule has 2 rings (SSSR count). The molecule has 0 aliphatic carbocycles. The number of benzene rings is 2. The molecule has 2 heteroatoms.